The first kappa shape index (κ1) is 14.5. The van der Waals surface area contributed by atoms with Crippen molar-refractivity contribution in [3.63, 3.8) is 0 Å². The molecule has 1 aromatic rings. The molecule has 0 bridgehead atoms. The first-order chi connectivity index (χ1) is 8.22. The van der Waals surface area contributed by atoms with E-state index in [0.29, 0.717) is 0 Å². The van der Waals surface area contributed by atoms with Gasteiger partial charge in [-0.25, -0.2) is 0 Å². The van der Waals surface area contributed by atoms with Crippen LogP contribution in [0.4, 0.5) is 0 Å². The van der Waals surface area contributed by atoms with Gasteiger partial charge in [-0.15, -0.1) is 0 Å². The van der Waals surface area contributed by atoms with Gasteiger partial charge in [-0.2, -0.15) is 0 Å². The fraction of sp³-hybridized carbons (Fsp3) is 0.600. The van der Waals surface area contributed by atoms with E-state index in [-0.39, 0.29) is 0 Å². The van der Waals surface area contributed by atoms with Crippen LogP contribution in [0.15, 0.2) is 30.3 Å². The molecule has 0 radical (unpaired) electrons. The van der Waals surface area contributed by atoms with Crippen molar-refractivity contribution in [2.24, 2.45) is 0 Å². The molecule has 1 fully saturated rings. The molecule has 1 unspecified atom stereocenters. The van der Waals surface area contributed by atoms with Gasteiger partial charge in [-0.1, -0.05) is 55.3 Å². The van der Waals surface area contributed by atoms with Gasteiger partial charge < -0.3 is 5.32 Å². The SMILES string of the molecule is CCC(C)NC1CCCC1.[SiH3]c1ccccc1. The maximum Gasteiger partial charge on any atom is 0.0384 e. The van der Waals surface area contributed by atoms with Crippen LogP contribution in [0.3, 0.4) is 0 Å². The maximum atomic E-state index is 3.63. The summed E-state index contributed by atoms with van der Waals surface area (Å²) in [6.45, 7) is 4.52. The van der Waals surface area contributed by atoms with Crippen LogP contribution in [0.2, 0.25) is 0 Å². The predicted octanol–water partition coefficient (Wildman–Crippen LogP) is 1.99. The Morgan fingerprint density at radius 3 is 2.24 bits per heavy atom. The highest BCUT2D eigenvalue weighted by Gasteiger charge is 2.15. The minimum atomic E-state index is 0.725. The molecule has 1 aliphatic carbocycles. The monoisotopic (exact) mass is 249 g/mol. The van der Waals surface area contributed by atoms with Crippen molar-refractivity contribution in [1.82, 2.24) is 5.32 Å². The van der Waals surface area contributed by atoms with Crippen molar-refractivity contribution in [3.05, 3.63) is 30.3 Å². The summed E-state index contributed by atoms with van der Waals surface area (Å²) in [5.41, 5.74) is 0. The van der Waals surface area contributed by atoms with Gasteiger partial charge >= 0.3 is 0 Å². The Hall–Kier alpha value is -0.603. The van der Waals surface area contributed by atoms with Crippen LogP contribution in [0.1, 0.15) is 46.0 Å². The van der Waals surface area contributed by atoms with Gasteiger partial charge in [0.25, 0.3) is 0 Å². The molecule has 2 rings (SSSR count). The van der Waals surface area contributed by atoms with Crippen molar-refractivity contribution in [1.29, 1.82) is 0 Å². The molecule has 96 valence electrons. The molecule has 1 aliphatic rings. The number of nitrogens with one attached hydrogen (secondary N) is 1. The third-order valence-corrected chi connectivity index (χ3v) is 4.09. The summed E-state index contributed by atoms with van der Waals surface area (Å²) < 4.78 is 0. The molecule has 2 heteroatoms. The second-order valence-electron chi connectivity index (χ2n) is 5.11. The predicted molar refractivity (Wildman–Crippen MR) is 81.2 cm³/mol. The van der Waals surface area contributed by atoms with E-state index in [4.69, 9.17) is 0 Å². The Bertz CT molecular complexity index is 280. The molecule has 0 amide bonds. The van der Waals surface area contributed by atoms with Crippen molar-refractivity contribution in [3.8, 4) is 0 Å². The topological polar surface area (TPSA) is 12.0 Å². The molecule has 0 aliphatic heterocycles. The van der Waals surface area contributed by atoms with Crippen LogP contribution in [-0.2, 0) is 0 Å². The molecule has 0 spiro atoms. The van der Waals surface area contributed by atoms with E-state index in [9.17, 15) is 0 Å². The standard InChI is InChI=1S/C9H19N.C6H8Si/c1-3-8(2)10-9-6-4-5-7-9;7-6-4-2-1-3-5-6/h8-10H,3-7H2,1-2H3;1-5H,7H3. The summed E-state index contributed by atoms with van der Waals surface area (Å²) >= 11 is 0. The number of hydrogen-bond donors (Lipinski definition) is 1. The molecule has 1 nitrogen and oxygen atoms in total. The largest absolute Gasteiger partial charge is 0.312 e. The minimum absolute atomic E-state index is 0.725. The smallest absolute Gasteiger partial charge is 0.0384 e. The number of benzene rings is 1. The number of hydrogen-bond acceptors (Lipinski definition) is 1. The highest BCUT2D eigenvalue weighted by Crippen LogP contribution is 2.18. The highest BCUT2D eigenvalue weighted by atomic mass is 28.1. The Morgan fingerprint density at radius 1 is 1.24 bits per heavy atom. The van der Waals surface area contributed by atoms with E-state index in [2.05, 4.69) is 43.4 Å². The number of rotatable bonds is 3. The van der Waals surface area contributed by atoms with Crippen LogP contribution in [0.5, 0.6) is 0 Å². The fourth-order valence-corrected chi connectivity index (χ4v) is 2.53. The van der Waals surface area contributed by atoms with E-state index < -0.39 is 0 Å². The summed E-state index contributed by atoms with van der Waals surface area (Å²) in [5, 5.41) is 5.09. The van der Waals surface area contributed by atoms with Gasteiger partial charge in [0.2, 0.25) is 0 Å². The molecule has 0 saturated heterocycles. The van der Waals surface area contributed by atoms with Crippen molar-refractivity contribution >= 4 is 15.4 Å². The van der Waals surface area contributed by atoms with Gasteiger partial charge in [-0.3, -0.25) is 0 Å². The lowest BCUT2D eigenvalue weighted by molar-refractivity contribution is 0.442. The molecule has 1 aromatic carbocycles. The summed E-state index contributed by atoms with van der Waals surface area (Å²) in [6, 6.07) is 12.0. The molecular weight excluding hydrogens is 222 g/mol. The Morgan fingerprint density at radius 2 is 1.82 bits per heavy atom. The summed E-state index contributed by atoms with van der Waals surface area (Å²) in [5.74, 6) is 0. The Kier molecular flexibility index (Phi) is 7.21. The Labute approximate surface area is 109 Å². The maximum absolute atomic E-state index is 3.63. The van der Waals surface area contributed by atoms with Gasteiger partial charge in [0.05, 0.1) is 0 Å². The zero-order valence-electron chi connectivity index (χ0n) is 11.6. The van der Waals surface area contributed by atoms with Gasteiger partial charge in [0, 0.05) is 22.3 Å². The normalized spacial score (nSPS) is 17.5. The zero-order valence-corrected chi connectivity index (χ0v) is 13.6. The molecule has 1 saturated carbocycles. The molecule has 17 heavy (non-hydrogen) atoms. The Balaban J connectivity index is 0.000000181. The van der Waals surface area contributed by atoms with E-state index in [1.165, 1.54) is 47.5 Å². The molecular formula is C15H27NSi. The average Bonchev–Trinajstić information content (AvgIpc) is 2.83. The second kappa shape index (κ2) is 8.48. The molecule has 1 N–H and O–H groups in total. The van der Waals surface area contributed by atoms with Crippen LogP contribution in [0, 0.1) is 0 Å². The first-order valence-electron chi connectivity index (χ1n) is 7.00. The van der Waals surface area contributed by atoms with Crippen LogP contribution >= 0.6 is 0 Å². The van der Waals surface area contributed by atoms with Crippen molar-refractivity contribution < 1.29 is 0 Å². The van der Waals surface area contributed by atoms with E-state index >= 15 is 0 Å². The van der Waals surface area contributed by atoms with Crippen LogP contribution in [-0.4, -0.2) is 22.3 Å². The quantitative estimate of drug-likeness (QED) is 0.808. The first-order valence-corrected chi connectivity index (χ1v) is 8.00. The third-order valence-electron chi connectivity index (χ3n) is 3.43. The molecule has 0 heterocycles. The molecule has 0 aromatic heterocycles. The van der Waals surface area contributed by atoms with E-state index in [0.717, 1.165) is 12.1 Å². The van der Waals surface area contributed by atoms with Crippen molar-refractivity contribution in [2.75, 3.05) is 0 Å². The van der Waals surface area contributed by atoms with E-state index in [1.54, 1.807) is 0 Å². The van der Waals surface area contributed by atoms with Gasteiger partial charge in [0.15, 0.2) is 0 Å². The minimum Gasteiger partial charge on any atom is -0.312 e. The molecule has 1 atom stereocenters. The lowest BCUT2D eigenvalue weighted by Gasteiger charge is -2.16. The zero-order chi connectivity index (χ0) is 12.5. The second-order valence-corrected chi connectivity index (χ2v) is 6.27. The van der Waals surface area contributed by atoms with Crippen LogP contribution in [0.25, 0.3) is 0 Å². The summed E-state index contributed by atoms with van der Waals surface area (Å²) in [4.78, 5) is 0. The van der Waals surface area contributed by atoms with Crippen LogP contribution < -0.4 is 10.5 Å². The fourth-order valence-electron chi connectivity index (χ4n) is 2.15. The lowest BCUT2D eigenvalue weighted by Crippen LogP contribution is -2.33. The lowest BCUT2D eigenvalue weighted by atomic mass is 10.2. The third kappa shape index (κ3) is 6.64. The van der Waals surface area contributed by atoms with Gasteiger partial charge in [-0.05, 0) is 26.2 Å². The van der Waals surface area contributed by atoms with Gasteiger partial charge in [0.1, 0.15) is 0 Å². The summed E-state index contributed by atoms with van der Waals surface area (Å²) in [6.07, 6.45) is 6.95. The van der Waals surface area contributed by atoms with E-state index in [1.807, 2.05) is 6.07 Å². The summed E-state index contributed by atoms with van der Waals surface area (Å²) in [7, 11) is 1.17. The average molecular weight is 249 g/mol. The van der Waals surface area contributed by atoms with Crippen molar-refractivity contribution in [2.45, 2.75) is 58.0 Å². The highest BCUT2D eigenvalue weighted by molar-refractivity contribution is 6.32.